The lowest BCUT2D eigenvalue weighted by molar-refractivity contribution is 0.591. The number of nitrogens with one attached hydrogen (secondary N) is 1. The molecule has 0 radical (unpaired) electrons. The van der Waals surface area contributed by atoms with E-state index < -0.39 is 11.6 Å². The Kier molecular flexibility index (Phi) is 3.08. The molecule has 3 rings (SSSR count). The summed E-state index contributed by atoms with van der Waals surface area (Å²) in [5.74, 6) is -1.22. The summed E-state index contributed by atoms with van der Waals surface area (Å²) < 4.78 is 27.1. The number of hydrogen-bond acceptors (Lipinski definition) is 4. The Labute approximate surface area is 111 Å². The maximum Gasteiger partial charge on any atom is 0.184 e. The first-order valence-corrected chi connectivity index (χ1v) is 6.42. The number of fused-ring (bicyclic) bond motifs is 1. The molecule has 19 heavy (non-hydrogen) atoms. The Balaban J connectivity index is 1.84. The maximum absolute atomic E-state index is 13.5. The van der Waals surface area contributed by atoms with Crippen LogP contribution in [0.25, 0.3) is 10.2 Å². The van der Waals surface area contributed by atoms with E-state index in [1.807, 2.05) is 12.1 Å². The monoisotopic (exact) mass is 277 g/mol. The van der Waals surface area contributed by atoms with Gasteiger partial charge in [-0.25, -0.2) is 13.8 Å². The van der Waals surface area contributed by atoms with E-state index in [-0.39, 0.29) is 5.52 Å². The standard InChI is InChI=1S/C13H9F2N3S/c14-9-5-10(15)12-11(6-9)19-13(18-12)17-7-8-1-3-16-4-2-8/h1-6H,7H2,(H,17,18). The van der Waals surface area contributed by atoms with E-state index in [0.29, 0.717) is 16.4 Å². The third-order valence-electron chi connectivity index (χ3n) is 2.61. The van der Waals surface area contributed by atoms with Gasteiger partial charge in [-0.15, -0.1) is 0 Å². The minimum absolute atomic E-state index is 0.198. The van der Waals surface area contributed by atoms with Crippen LogP contribution in [-0.4, -0.2) is 9.97 Å². The van der Waals surface area contributed by atoms with Gasteiger partial charge in [-0.1, -0.05) is 11.3 Å². The molecule has 1 N–H and O–H groups in total. The average Bonchev–Trinajstić information content (AvgIpc) is 2.81. The highest BCUT2D eigenvalue weighted by atomic mass is 32.1. The molecule has 0 bridgehead atoms. The van der Waals surface area contributed by atoms with Gasteiger partial charge in [0.2, 0.25) is 0 Å². The van der Waals surface area contributed by atoms with Crippen molar-refractivity contribution in [1.29, 1.82) is 0 Å². The van der Waals surface area contributed by atoms with Gasteiger partial charge in [0.05, 0.1) is 4.70 Å². The van der Waals surface area contributed by atoms with E-state index in [1.54, 1.807) is 12.4 Å². The van der Waals surface area contributed by atoms with E-state index in [0.717, 1.165) is 11.6 Å². The second-order valence-electron chi connectivity index (χ2n) is 3.96. The SMILES string of the molecule is Fc1cc(F)c2nc(NCc3ccncc3)sc2c1. The molecule has 0 amide bonds. The van der Waals surface area contributed by atoms with E-state index in [2.05, 4.69) is 15.3 Å². The molecule has 1 aromatic carbocycles. The van der Waals surface area contributed by atoms with Crippen molar-refractivity contribution in [3.8, 4) is 0 Å². The van der Waals surface area contributed by atoms with Crippen LogP contribution >= 0.6 is 11.3 Å². The first kappa shape index (κ1) is 12.0. The number of nitrogens with zero attached hydrogens (tertiary/aromatic N) is 2. The van der Waals surface area contributed by atoms with Crippen molar-refractivity contribution in [3.05, 3.63) is 53.9 Å². The van der Waals surface area contributed by atoms with Gasteiger partial charge < -0.3 is 5.32 Å². The molecular weight excluding hydrogens is 268 g/mol. The van der Waals surface area contributed by atoms with Gasteiger partial charge in [-0.05, 0) is 23.8 Å². The number of anilines is 1. The van der Waals surface area contributed by atoms with E-state index in [9.17, 15) is 8.78 Å². The number of benzene rings is 1. The molecule has 0 fully saturated rings. The maximum atomic E-state index is 13.5. The van der Waals surface area contributed by atoms with Crippen LogP contribution in [0.15, 0.2) is 36.7 Å². The Bertz CT molecular complexity index is 712. The number of aromatic nitrogens is 2. The zero-order valence-corrected chi connectivity index (χ0v) is 10.5. The normalized spacial score (nSPS) is 10.8. The molecule has 0 aliphatic carbocycles. The van der Waals surface area contributed by atoms with Crippen LogP contribution in [0.3, 0.4) is 0 Å². The molecule has 96 valence electrons. The third kappa shape index (κ3) is 2.53. The highest BCUT2D eigenvalue weighted by Crippen LogP contribution is 2.28. The first-order valence-electron chi connectivity index (χ1n) is 5.61. The van der Waals surface area contributed by atoms with Crippen molar-refractivity contribution < 1.29 is 8.78 Å². The number of rotatable bonds is 3. The predicted octanol–water partition coefficient (Wildman–Crippen LogP) is 3.58. The lowest BCUT2D eigenvalue weighted by Crippen LogP contribution is -1.98. The fourth-order valence-corrected chi connectivity index (χ4v) is 2.61. The second kappa shape index (κ2) is 4.89. The summed E-state index contributed by atoms with van der Waals surface area (Å²) in [7, 11) is 0. The Morgan fingerprint density at radius 3 is 2.74 bits per heavy atom. The molecule has 2 heterocycles. The Hall–Kier alpha value is -2.08. The first-order chi connectivity index (χ1) is 9.22. The molecule has 0 atom stereocenters. The summed E-state index contributed by atoms with van der Waals surface area (Å²) >= 11 is 1.23. The predicted molar refractivity (Wildman–Crippen MR) is 71.1 cm³/mol. The van der Waals surface area contributed by atoms with Crippen molar-refractivity contribution in [3.63, 3.8) is 0 Å². The van der Waals surface area contributed by atoms with Gasteiger partial charge in [-0.2, -0.15) is 0 Å². The Morgan fingerprint density at radius 1 is 1.16 bits per heavy atom. The second-order valence-corrected chi connectivity index (χ2v) is 4.99. The van der Waals surface area contributed by atoms with Crippen LogP contribution in [0.5, 0.6) is 0 Å². The molecule has 0 aliphatic heterocycles. The topological polar surface area (TPSA) is 37.8 Å². The minimum Gasteiger partial charge on any atom is -0.357 e. The highest BCUT2D eigenvalue weighted by Gasteiger charge is 2.10. The van der Waals surface area contributed by atoms with Crippen LogP contribution < -0.4 is 5.32 Å². The quantitative estimate of drug-likeness (QED) is 0.795. The lowest BCUT2D eigenvalue weighted by atomic mass is 10.3. The van der Waals surface area contributed by atoms with Crippen LogP contribution in [-0.2, 0) is 6.54 Å². The van der Waals surface area contributed by atoms with Crippen LogP contribution in [0.1, 0.15) is 5.56 Å². The minimum atomic E-state index is -0.636. The van der Waals surface area contributed by atoms with Gasteiger partial charge >= 0.3 is 0 Å². The molecule has 0 saturated heterocycles. The molecule has 3 nitrogen and oxygen atoms in total. The summed E-state index contributed by atoms with van der Waals surface area (Å²) in [5.41, 5.74) is 1.24. The molecule has 3 aromatic rings. The van der Waals surface area contributed by atoms with Gasteiger partial charge in [-0.3, -0.25) is 4.98 Å². The van der Waals surface area contributed by atoms with Crippen molar-refractivity contribution >= 4 is 26.7 Å². The van der Waals surface area contributed by atoms with Gasteiger partial charge in [0.25, 0.3) is 0 Å². The van der Waals surface area contributed by atoms with Crippen LogP contribution in [0.2, 0.25) is 0 Å². The molecule has 0 aliphatic rings. The third-order valence-corrected chi connectivity index (χ3v) is 3.57. The Morgan fingerprint density at radius 2 is 1.95 bits per heavy atom. The number of halogens is 2. The molecule has 0 spiro atoms. The summed E-state index contributed by atoms with van der Waals surface area (Å²) in [6.45, 7) is 0.562. The van der Waals surface area contributed by atoms with Gasteiger partial charge in [0.15, 0.2) is 10.9 Å². The largest absolute Gasteiger partial charge is 0.357 e. The zero-order valence-electron chi connectivity index (χ0n) is 9.73. The van der Waals surface area contributed by atoms with Crippen LogP contribution in [0, 0.1) is 11.6 Å². The average molecular weight is 277 g/mol. The van der Waals surface area contributed by atoms with Crippen LogP contribution in [0.4, 0.5) is 13.9 Å². The molecule has 0 saturated carbocycles. The van der Waals surface area contributed by atoms with E-state index in [1.165, 1.54) is 17.4 Å². The molecule has 6 heteroatoms. The van der Waals surface area contributed by atoms with E-state index >= 15 is 0 Å². The number of pyridine rings is 1. The van der Waals surface area contributed by atoms with Crippen molar-refractivity contribution in [2.75, 3.05) is 5.32 Å². The van der Waals surface area contributed by atoms with E-state index in [4.69, 9.17) is 0 Å². The summed E-state index contributed by atoms with van der Waals surface area (Å²) in [6.07, 6.45) is 3.40. The lowest BCUT2D eigenvalue weighted by Gasteiger charge is -2.01. The van der Waals surface area contributed by atoms with Crippen molar-refractivity contribution in [2.45, 2.75) is 6.54 Å². The van der Waals surface area contributed by atoms with Crippen molar-refractivity contribution in [2.24, 2.45) is 0 Å². The number of thiazole rings is 1. The molecule has 0 unspecified atom stereocenters. The number of hydrogen-bond donors (Lipinski definition) is 1. The molecular formula is C13H9F2N3S. The smallest absolute Gasteiger partial charge is 0.184 e. The fraction of sp³-hybridized carbons (Fsp3) is 0.0769. The fourth-order valence-electron chi connectivity index (χ4n) is 1.71. The van der Waals surface area contributed by atoms with Gasteiger partial charge in [0.1, 0.15) is 11.3 Å². The summed E-state index contributed by atoms with van der Waals surface area (Å²) in [5, 5.41) is 3.65. The summed E-state index contributed by atoms with van der Waals surface area (Å²) in [4.78, 5) is 8.04. The molecule has 2 aromatic heterocycles. The highest BCUT2D eigenvalue weighted by molar-refractivity contribution is 7.22. The summed E-state index contributed by atoms with van der Waals surface area (Å²) in [6, 6.07) is 5.88. The van der Waals surface area contributed by atoms with Gasteiger partial charge in [0, 0.05) is 25.0 Å². The zero-order chi connectivity index (χ0) is 13.2. The van der Waals surface area contributed by atoms with Crippen molar-refractivity contribution in [1.82, 2.24) is 9.97 Å².